The summed E-state index contributed by atoms with van der Waals surface area (Å²) in [5.41, 5.74) is 2.23. The molecular weight excluding hydrogens is 424 g/mol. The van der Waals surface area contributed by atoms with Gasteiger partial charge in [-0.25, -0.2) is 9.79 Å². The topological polar surface area (TPSA) is 75.5 Å². The molecule has 2 aromatic rings. The number of carbonyl (C=O) groups is 1. The monoisotopic (exact) mass is 452 g/mol. The largest absolute Gasteiger partial charge is 0.497 e. The van der Waals surface area contributed by atoms with E-state index in [4.69, 9.17) is 19.5 Å². The fraction of sp³-hybridized carbons (Fsp3) is 0.375. The van der Waals surface area contributed by atoms with Crippen LogP contribution >= 0.6 is 11.8 Å². The van der Waals surface area contributed by atoms with Crippen molar-refractivity contribution in [3.63, 3.8) is 0 Å². The van der Waals surface area contributed by atoms with Crippen molar-refractivity contribution in [1.82, 2.24) is 4.90 Å². The van der Waals surface area contributed by atoms with E-state index < -0.39 is 5.66 Å². The number of methoxy groups -OCH3 is 1. The molecule has 7 nitrogen and oxygen atoms in total. The highest BCUT2D eigenvalue weighted by Crippen LogP contribution is 2.35. The Morgan fingerprint density at radius 1 is 1.06 bits per heavy atom. The lowest BCUT2D eigenvalue weighted by Gasteiger charge is -2.35. The summed E-state index contributed by atoms with van der Waals surface area (Å²) >= 11 is 1.61. The van der Waals surface area contributed by atoms with Crippen molar-refractivity contribution >= 4 is 34.2 Å². The van der Waals surface area contributed by atoms with Gasteiger partial charge in [0, 0.05) is 37.2 Å². The zero-order valence-electron chi connectivity index (χ0n) is 18.6. The molecule has 2 aliphatic heterocycles. The van der Waals surface area contributed by atoms with E-state index in [1.807, 2.05) is 66.6 Å². The summed E-state index contributed by atoms with van der Waals surface area (Å²) in [5, 5.41) is 3.92. The number of thioether (sulfide) groups is 1. The average molecular weight is 453 g/mol. The fourth-order valence-electron chi connectivity index (χ4n) is 3.90. The zero-order valence-corrected chi connectivity index (χ0v) is 19.4. The number of ether oxygens (including phenoxy) is 2. The second kappa shape index (κ2) is 9.65. The number of urea groups is 1. The molecule has 168 valence electrons. The highest BCUT2D eigenvalue weighted by atomic mass is 32.2. The molecule has 0 unspecified atom stereocenters. The van der Waals surface area contributed by atoms with Gasteiger partial charge in [0.05, 0.1) is 19.4 Å². The minimum absolute atomic E-state index is 0.101. The smallest absolute Gasteiger partial charge is 0.321 e. The molecule has 1 saturated heterocycles. The predicted molar refractivity (Wildman–Crippen MR) is 131 cm³/mol. The molecule has 1 N–H and O–H groups in total. The number of rotatable bonds is 5. The molecule has 2 aromatic carbocycles. The SMILES string of the molecule is CCOc1ccc(NC(=O)N2CCC3(CC2)N=C(SC)C(c2ccc(OC)cc2)=N3)cc1. The lowest BCUT2D eigenvalue weighted by atomic mass is 9.98. The van der Waals surface area contributed by atoms with Crippen LogP contribution in [0.15, 0.2) is 58.5 Å². The quantitative estimate of drug-likeness (QED) is 0.715. The summed E-state index contributed by atoms with van der Waals surface area (Å²) in [6.45, 7) is 3.77. The second-order valence-electron chi connectivity index (χ2n) is 7.67. The standard InChI is InChI=1S/C24H28N4O3S/c1-4-31-20-11-7-18(8-12-20)25-23(29)28-15-13-24(14-16-28)26-21(22(27-24)32-3)17-5-9-19(30-2)10-6-17/h5-12H,4,13-16H2,1-3H3,(H,25,29). The Morgan fingerprint density at radius 3 is 2.31 bits per heavy atom. The van der Waals surface area contributed by atoms with Gasteiger partial charge >= 0.3 is 6.03 Å². The van der Waals surface area contributed by atoms with Gasteiger partial charge in [-0.1, -0.05) is 0 Å². The molecule has 0 aromatic heterocycles. The summed E-state index contributed by atoms with van der Waals surface area (Å²) in [7, 11) is 1.66. The van der Waals surface area contributed by atoms with E-state index in [2.05, 4.69) is 5.32 Å². The van der Waals surface area contributed by atoms with Gasteiger partial charge in [0.15, 0.2) is 5.66 Å². The van der Waals surface area contributed by atoms with Gasteiger partial charge in [0.25, 0.3) is 0 Å². The van der Waals surface area contributed by atoms with Crippen molar-refractivity contribution < 1.29 is 14.3 Å². The number of hydrogen-bond donors (Lipinski definition) is 1. The van der Waals surface area contributed by atoms with Gasteiger partial charge in [0.1, 0.15) is 16.5 Å². The maximum absolute atomic E-state index is 12.7. The maximum atomic E-state index is 12.7. The molecule has 2 amide bonds. The highest BCUT2D eigenvalue weighted by Gasteiger charge is 2.40. The number of anilines is 1. The number of amides is 2. The van der Waals surface area contributed by atoms with Crippen LogP contribution in [0.5, 0.6) is 11.5 Å². The van der Waals surface area contributed by atoms with E-state index >= 15 is 0 Å². The van der Waals surface area contributed by atoms with Gasteiger partial charge in [-0.2, -0.15) is 0 Å². The lowest BCUT2D eigenvalue weighted by molar-refractivity contribution is 0.175. The molecule has 2 heterocycles. The van der Waals surface area contributed by atoms with Crippen LogP contribution in [-0.2, 0) is 0 Å². The third kappa shape index (κ3) is 4.75. The first-order chi connectivity index (χ1) is 15.6. The molecule has 0 bridgehead atoms. The molecule has 32 heavy (non-hydrogen) atoms. The number of carbonyl (C=O) groups excluding carboxylic acids is 1. The van der Waals surface area contributed by atoms with Crippen molar-refractivity contribution in [2.75, 3.05) is 38.4 Å². The number of piperidine rings is 1. The maximum Gasteiger partial charge on any atom is 0.321 e. The molecular formula is C24H28N4O3S. The average Bonchev–Trinajstić information content (AvgIpc) is 3.19. The first-order valence-corrected chi connectivity index (χ1v) is 12.0. The Balaban J connectivity index is 1.41. The Bertz CT molecular complexity index is 1010. The molecule has 0 aliphatic carbocycles. The Hall–Kier alpha value is -3.00. The van der Waals surface area contributed by atoms with E-state index in [-0.39, 0.29) is 6.03 Å². The summed E-state index contributed by atoms with van der Waals surface area (Å²) in [6, 6.07) is 15.2. The Morgan fingerprint density at radius 2 is 1.72 bits per heavy atom. The van der Waals surface area contributed by atoms with Crippen molar-refractivity contribution in [1.29, 1.82) is 0 Å². The summed E-state index contributed by atoms with van der Waals surface area (Å²) in [6.07, 6.45) is 3.43. The van der Waals surface area contributed by atoms with Crippen molar-refractivity contribution in [2.24, 2.45) is 9.98 Å². The van der Waals surface area contributed by atoms with Gasteiger partial charge in [0.2, 0.25) is 0 Å². The van der Waals surface area contributed by atoms with Crippen molar-refractivity contribution in [3.8, 4) is 11.5 Å². The lowest BCUT2D eigenvalue weighted by Crippen LogP contribution is -2.46. The third-order valence-electron chi connectivity index (χ3n) is 5.66. The highest BCUT2D eigenvalue weighted by molar-refractivity contribution is 8.15. The molecule has 0 atom stereocenters. The summed E-state index contributed by atoms with van der Waals surface area (Å²) < 4.78 is 10.7. The first kappa shape index (κ1) is 22.2. The third-order valence-corrected chi connectivity index (χ3v) is 6.33. The van der Waals surface area contributed by atoms with Crippen LogP contribution < -0.4 is 14.8 Å². The Labute approximate surface area is 192 Å². The van der Waals surface area contributed by atoms with Crippen LogP contribution in [0.1, 0.15) is 25.3 Å². The van der Waals surface area contributed by atoms with E-state index in [1.54, 1.807) is 18.9 Å². The zero-order chi connectivity index (χ0) is 22.6. The minimum Gasteiger partial charge on any atom is -0.497 e. The van der Waals surface area contributed by atoms with E-state index in [0.717, 1.165) is 33.5 Å². The van der Waals surface area contributed by atoms with Crippen molar-refractivity contribution in [3.05, 3.63) is 54.1 Å². The van der Waals surface area contributed by atoms with Crippen LogP contribution in [0.4, 0.5) is 10.5 Å². The van der Waals surface area contributed by atoms with Gasteiger partial charge in [-0.15, -0.1) is 11.8 Å². The molecule has 1 fully saturated rings. The number of benzene rings is 2. The molecule has 8 heteroatoms. The summed E-state index contributed by atoms with van der Waals surface area (Å²) in [4.78, 5) is 24.6. The van der Waals surface area contributed by atoms with Crippen LogP contribution in [0.25, 0.3) is 0 Å². The van der Waals surface area contributed by atoms with Crippen LogP contribution in [0, 0.1) is 0 Å². The second-order valence-corrected chi connectivity index (χ2v) is 8.46. The molecule has 0 radical (unpaired) electrons. The van der Waals surface area contributed by atoms with Gasteiger partial charge < -0.3 is 19.7 Å². The first-order valence-electron chi connectivity index (χ1n) is 10.7. The fourth-order valence-corrected chi connectivity index (χ4v) is 4.52. The van der Waals surface area contributed by atoms with E-state index in [9.17, 15) is 4.79 Å². The van der Waals surface area contributed by atoms with Gasteiger partial charge in [-0.3, -0.25) is 4.99 Å². The van der Waals surface area contributed by atoms with Crippen LogP contribution in [0.2, 0.25) is 0 Å². The van der Waals surface area contributed by atoms with E-state index in [1.165, 1.54) is 0 Å². The van der Waals surface area contributed by atoms with Crippen LogP contribution in [0.3, 0.4) is 0 Å². The van der Waals surface area contributed by atoms with Crippen LogP contribution in [-0.4, -0.2) is 60.4 Å². The Kier molecular flexibility index (Phi) is 6.69. The normalized spacial score (nSPS) is 17.0. The van der Waals surface area contributed by atoms with Crippen molar-refractivity contribution in [2.45, 2.75) is 25.4 Å². The number of likely N-dealkylation sites (tertiary alicyclic amines) is 1. The number of hydrogen-bond acceptors (Lipinski definition) is 6. The minimum atomic E-state index is -0.483. The molecule has 0 saturated carbocycles. The van der Waals surface area contributed by atoms with Gasteiger partial charge in [-0.05, 0) is 61.7 Å². The molecule has 1 spiro atoms. The predicted octanol–water partition coefficient (Wildman–Crippen LogP) is 4.68. The summed E-state index contributed by atoms with van der Waals surface area (Å²) in [5.74, 6) is 1.61. The van der Waals surface area contributed by atoms with E-state index in [0.29, 0.717) is 32.5 Å². The number of nitrogens with zero attached hydrogens (tertiary/aromatic N) is 3. The number of aliphatic imine (C=N–C) groups is 2. The molecule has 4 rings (SSSR count). The number of nitrogens with one attached hydrogen (secondary N) is 1. The molecule has 2 aliphatic rings.